The van der Waals surface area contributed by atoms with Crippen LogP contribution in [0, 0.1) is 18.3 Å². The van der Waals surface area contributed by atoms with Gasteiger partial charge in [0.1, 0.15) is 18.2 Å². The summed E-state index contributed by atoms with van der Waals surface area (Å²) in [5, 5.41) is 12.9. The van der Waals surface area contributed by atoms with E-state index in [2.05, 4.69) is 5.32 Å². The second-order valence-corrected chi connectivity index (χ2v) is 7.37. The van der Waals surface area contributed by atoms with Crippen LogP contribution in [0.5, 0.6) is 11.5 Å². The van der Waals surface area contributed by atoms with E-state index < -0.39 is 5.91 Å². The topological polar surface area (TPSA) is 71.3 Å². The summed E-state index contributed by atoms with van der Waals surface area (Å²) in [6.07, 6.45) is 1.52. The first-order valence-electron chi connectivity index (χ1n) is 10.1. The number of hydrogen-bond acceptors (Lipinski definition) is 4. The zero-order valence-electron chi connectivity index (χ0n) is 17.9. The molecule has 0 fully saturated rings. The standard InChI is InChI=1S/C26H23ClN2O3/c1-3-31-25-15-19(12-13-24(25)32-17-20-9-5-6-10-22(20)27)14-21(16-28)26(30)29-23-11-7-4-8-18(23)2/h4-15H,3,17H2,1-2H3,(H,29,30)/b21-14-. The Labute approximate surface area is 192 Å². The van der Waals surface area contributed by atoms with E-state index in [1.165, 1.54) is 6.08 Å². The van der Waals surface area contributed by atoms with Gasteiger partial charge in [-0.2, -0.15) is 5.26 Å². The number of rotatable bonds is 8. The molecule has 0 aromatic heterocycles. The zero-order valence-corrected chi connectivity index (χ0v) is 18.6. The van der Waals surface area contributed by atoms with Crippen LogP contribution in [0.4, 0.5) is 5.69 Å². The van der Waals surface area contributed by atoms with Crippen LogP contribution in [0.2, 0.25) is 5.02 Å². The number of nitrogens with zero attached hydrogens (tertiary/aromatic N) is 1. The second-order valence-electron chi connectivity index (χ2n) is 6.96. The molecule has 1 N–H and O–H groups in total. The highest BCUT2D eigenvalue weighted by atomic mass is 35.5. The van der Waals surface area contributed by atoms with E-state index in [4.69, 9.17) is 21.1 Å². The summed E-state index contributed by atoms with van der Waals surface area (Å²) >= 11 is 6.20. The molecule has 1 amide bonds. The zero-order chi connectivity index (χ0) is 22.9. The molecule has 0 aliphatic heterocycles. The predicted octanol–water partition coefficient (Wildman–Crippen LogP) is 6.17. The molecule has 32 heavy (non-hydrogen) atoms. The van der Waals surface area contributed by atoms with E-state index >= 15 is 0 Å². The summed E-state index contributed by atoms with van der Waals surface area (Å²) < 4.78 is 11.6. The summed E-state index contributed by atoms with van der Waals surface area (Å²) in [5.41, 5.74) is 3.07. The number of anilines is 1. The average Bonchev–Trinajstić information content (AvgIpc) is 2.79. The number of halogens is 1. The quantitative estimate of drug-likeness (QED) is 0.331. The number of carbonyl (C=O) groups excluding carboxylic acids is 1. The van der Waals surface area contributed by atoms with Gasteiger partial charge in [0, 0.05) is 16.3 Å². The van der Waals surface area contributed by atoms with Crippen molar-refractivity contribution >= 4 is 29.3 Å². The van der Waals surface area contributed by atoms with Crippen LogP contribution in [0.15, 0.2) is 72.3 Å². The number of nitriles is 1. The Balaban J connectivity index is 1.80. The minimum atomic E-state index is -0.473. The third kappa shape index (κ3) is 5.90. The highest BCUT2D eigenvalue weighted by Gasteiger charge is 2.13. The van der Waals surface area contributed by atoms with Gasteiger partial charge in [0.25, 0.3) is 5.91 Å². The van der Waals surface area contributed by atoms with E-state index in [0.29, 0.717) is 34.4 Å². The number of para-hydroxylation sites is 1. The predicted molar refractivity (Wildman–Crippen MR) is 127 cm³/mol. The Hall–Kier alpha value is -3.75. The highest BCUT2D eigenvalue weighted by Crippen LogP contribution is 2.31. The van der Waals surface area contributed by atoms with Gasteiger partial charge in [-0.05, 0) is 55.3 Å². The van der Waals surface area contributed by atoms with Gasteiger partial charge in [-0.1, -0.05) is 54.1 Å². The molecule has 162 valence electrons. The fourth-order valence-corrected chi connectivity index (χ4v) is 3.18. The third-order valence-electron chi connectivity index (χ3n) is 4.68. The van der Waals surface area contributed by atoms with Crippen molar-refractivity contribution in [3.8, 4) is 17.6 Å². The van der Waals surface area contributed by atoms with Gasteiger partial charge >= 0.3 is 0 Å². The monoisotopic (exact) mass is 446 g/mol. The first kappa shape index (κ1) is 22.9. The molecule has 0 spiro atoms. The molecular formula is C26H23ClN2O3. The van der Waals surface area contributed by atoms with E-state index in [1.54, 1.807) is 24.3 Å². The van der Waals surface area contributed by atoms with Crippen LogP contribution in [-0.4, -0.2) is 12.5 Å². The third-order valence-corrected chi connectivity index (χ3v) is 5.05. The molecule has 0 aliphatic carbocycles. The fraction of sp³-hybridized carbons (Fsp3) is 0.154. The minimum absolute atomic E-state index is 0.0135. The molecule has 0 unspecified atom stereocenters. The summed E-state index contributed by atoms with van der Waals surface area (Å²) in [4.78, 5) is 12.6. The van der Waals surface area contributed by atoms with Gasteiger partial charge in [0.2, 0.25) is 0 Å². The van der Waals surface area contributed by atoms with Crippen LogP contribution in [-0.2, 0) is 11.4 Å². The van der Waals surface area contributed by atoms with Gasteiger partial charge < -0.3 is 14.8 Å². The molecule has 5 nitrogen and oxygen atoms in total. The van der Waals surface area contributed by atoms with Gasteiger partial charge in [0.15, 0.2) is 11.5 Å². The second kappa shape index (κ2) is 11.0. The number of hydrogen-bond donors (Lipinski definition) is 1. The van der Waals surface area contributed by atoms with Crippen LogP contribution in [0.1, 0.15) is 23.6 Å². The molecule has 0 saturated heterocycles. The Morgan fingerprint density at radius 1 is 1.06 bits per heavy atom. The number of benzene rings is 3. The van der Waals surface area contributed by atoms with E-state index in [1.807, 2.05) is 62.4 Å². The molecule has 3 aromatic carbocycles. The first-order valence-corrected chi connectivity index (χ1v) is 10.5. The maximum absolute atomic E-state index is 12.6. The lowest BCUT2D eigenvalue weighted by Crippen LogP contribution is -2.14. The van der Waals surface area contributed by atoms with Gasteiger partial charge in [-0.25, -0.2) is 0 Å². The summed E-state index contributed by atoms with van der Waals surface area (Å²) in [6, 6.07) is 22.1. The van der Waals surface area contributed by atoms with E-state index in [9.17, 15) is 10.1 Å². The summed E-state index contributed by atoms with van der Waals surface area (Å²) in [7, 11) is 0. The van der Waals surface area contributed by atoms with E-state index in [-0.39, 0.29) is 12.2 Å². The molecule has 3 rings (SSSR count). The van der Waals surface area contributed by atoms with Gasteiger partial charge in [-0.3, -0.25) is 4.79 Å². The van der Waals surface area contributed by atoms with Crippen molar-refractivity contribution in [2.45, 2.75) is 20.5 Å². The van der Waals surface area contributed by atoms with Gasteiger partial charge in [-0.15, -0.1) is 0 Å². The molecule has 0 radical (unpaired) electrons. The van der Waals surface area contributed by atoms with Crippen molar-refractivity contribution in [3.63, 3.8) is 0 Å². The Morgan fingerprint density at radius 3 is 2.53 bits per heavy atom. The molecule has 6 heteroatoms. The molecule has 0 bridgehead atoms. The molecular weight excluding hydrogens is 424 g/mol. The Morgan fingerprint density at radius 2 is 1.81 bits per heavy atom. The molecule has 0 saturated carbocycles. The van der Waals surface area contributed by atoms with Crippen molar-refractivity contribution in [1.82, 2.24) is 0 Å². The smallest absolute Gasteiger partial charge is 0.266 e. The van der Waals surface area contributed by atoms with Crippen molar-refractivity contribution in [1.29, 1.82) is 5.26 Å². The number of amides is 1. The van der Waals surface area contributed by atoms with Crippen molar-refractivity contribution < 1.29 is 14.3 Å². The van der Waals surface area contributed by atoms with Crippen molar-refractivity contribution in [2.24, 2.45) is 0 Å². The van der Waals surface area contributed by atoms with Crippen molar-refractivity contribution in [3.05, 3.63) is 94.0 Å². The summed E-state index contributed by atoms with van der Waals surface area (Å²) in [5.74, 6) is 0.593. The average molecular weight is 447 g/mol. The summed E-state index contributed by atoms with van der Waals surface area (Å²) in [6.45, 7) is 4.49. The largest absolute Gasteiger partial charge is 0.490 e. The lowest BCUT2D eigenvalue weighted by Gasteiger charge is -2.13. The van der Waals surface area contributed by atoms with Gasteiger partial charge in [0.05, 0.1) is 6.61 Å². The number of ether oxygens (including phenoxy) is 2. The number of nitrogens with one attached hydrogen (secondary N) is 1. The number of aryl methyl sites for hydroxylation is 1. The van der Waals surface area contributed by atoms with Crippen LogP contribution in [0.25, 0.3) is 6.08 Å². The molecule has 0 atom stereocenters. The lowest BCUT2D eigenvalue weighted by atomic mass is 10.1. The number of carbonyl (C=O) groups is 1. The fourth-order valence-electron chi connectivity index (χ4n) is 2.99. The first-order chi connectivity index (χ1) is 15.5. The molecule has 3 aromatic rings. The maximum Gasteiger partial charge on any atom is 0.266 e. The minimum Gasteiger partial charge on any atom is -0.490 e. The van der Waals surface area contributed by atoms with Crippen LogP contribution in [0.3, 0.4) is 0 Å². The SMILES string of the molecule is CCOc1cc(/C=C(/C#N)C(=O)Nc2ccccc2C)ccc1OCc1ccccc1Cl. The van der Waals surface area contributed by atoms with Crippen LogP contribution >= 0.6 is 11.6 Å². The van der Waals surface area contributed by atoms with E-state index in [0.717, 1.165) is 11.1 Å². The molecule has 0 heterocycles. The molecule has 0 aliphatic rings. The highest BCUT2D eigenvalue weighted by molar-refractivity contribution is 6.31. The maximum atomic E-state index is 12.6. The van der Waals surface area contributed by atoms with Crippen molar-refractivity contribution in [2.75, 3.05) is 11.9 Å². The van der Waals surface area contributed by atoms with Crippen LogP contribution < -0.4 is 14.8 Å². The normalized spacial score (nSPS) is 10.9. The Bertz CT molecular complexity index is 1180. The lowest BCUT2D eigenvalue weighted by molar-refractivity contribution is -0.112. The Kier molecular flexibility index (Phi) is 7.91.